The SMILES string of the molecule is Cn1nc(C2CC2)c(C(=O)c2cccc(Oc3ccc(C(F)(F)F)cc3Cl)c2[N+](=O)[O-])c1O. The standard InChI is InChI=1S/C21H15ClF3N3O5/c1-27-20(30)16(17(26-27)10-5-6-10)19(29)12-3-2-4-15(18(12)28(31)32)33-14-8-7-11(9-13(14)22)21(23,24)25/h2-4,7-10,30H,5-6H2,1H3. The van der Waals surface area contributed by atoms with Crippen molar-refractivity contribution in [1.29, 1.82) is 0 Å². The Kier molecular flexibility index (Phi) is 5.52. The summed E-state index contributed by atoms with van der Waals surface area (Å²) in [7, 11) is 1.44. The van der Waals surface area contributed by atoms with E-state index in [-0.39, 0.29) is 22.8 Å². The van der Waals surface area contributed by atoms with Crippen LogP contribution in [0.15, 0.2) is 36.4 Å². The van der Waals surface area contributed by atoms with Gasteiger partial charge in [-0.05, 0) is 43.2 Å². The van der Waals surface area contributed by atoms with Crippen LogP contribution in [0.2, 0.25) is 5.02 Å². The van der Waals surface area contributed by atoms with E-state index in [4.69, 9.17) is 16.3 Å². The van der Waals surface area contributed by atoms with Crippen LogP contribution in [-0.4, -0.2) is 25.6 Å². The number of nitrogens with zero attached hydrogens (tertiary/aromatic N) is 3. The first-order valence-electron chi connectivity index (χ1n) is 9.61. The molecule has 8 nitrogen and oxygen atoms in total. The van der Waals surface area contributed by atoms with Crippen molar-refractivity contribution in [3.63, 3.8) is 0 Å². The molecule has 0 saturated heterocycles. The number of nitro groups is 1. The molecule has 0 unspecified atom stereocenters. The smallest absolute Gasteiger partial charge is 0.416 e. The number of aromatic nitrogens is 2. The second-order valence-electron chi connectivity index (χ2n) is 7.47. The molecule has 1 aliphatic rings. The van der Waals surface area contributed by atoms with Gasteiger partial charge in [0, 0.05) is 13.0 Å². The fourth-order valence-electron chi connectivity index (χ4n) is 3.39. The molecule has 0 bridgehead atoms. The van der Waals surface area contributed by atoms with Crippen LogP contribution < -0.4 is 4.74 Å². The topological polar surface area (TPSA) is 107 Å². The van der Waals surface area contributed by atoms with E-state index in [1.165, 1.54) is 25.2 Å². The fraction of sp³-hybridized carbons (Fsp3) is 0.238. The summed E-state index contributed by atoms with van der Waals surface area (Å²) < 4.78 is 45.2. The summed E-state index contributed by atoms with van der Waals surface area (Å²) in [6, 6.07) is 5.99. The molecule has 33 heavy (non-hydrogen) atoms. The summed E-state index contributed by atoms with van der Waals surface area (Å²) in [5, 5.41) is 26.0. The lowest BCUT2D eigenvalue weighted by atomic mass is 9.99. The van der Waals surface area contributed by atoms with Crippen LogP contribution in [0.1, 0.15) is 45.9 Å². The van der Waals surface area contributed by atoms with Crippen molar-refractivity contribution in [3.8, 4) is 17.4 Å². The molecule has 1 fully saturated rings. The quantitative estimate of drug-likeness (QED) is 0.279. The number of rotatable bonds is 6. The predicted octanol–water partition coefficient (Wildman–Crippen LogP) is 5.61. The normalized spacial score (nSPS) is 13.7. The van der Waals surface area contributed by atoms with Crippen molar-refractivity contribution in [1.82, 2.24) is 9.78 Å². The second kappa shape index (κ2) is 8.07. The van der Waals surface area contributed by atoms with E-state index in [9.17, 15) is 33.2 Å². The van der Waals surface area contributed by atoms with Crippen LogP contribution in [0, 0.1) is 10.1 Å². The first-order valence-corrected chi connectivity index (χ1v) is 9.99. The Morgan fingerprint density at radius 3 is 2.55 bits per heavy atom. The van der Waals surface area contributed by atoms with Crippen LogP contribution in [0.4, 0.5) is 18.9 Å². The van der Waals surface area contributed by atoms with Gasteiger partial charge in [0.2, 0.25) is 17.4 Å². The lowest BCUT2D eigenvalue weighted by molar-refractivity contribution is -0.385. The van der Waals surface area contributed by atoms with Gasteiger partial charge < -0.3 is 9.84 Å². The molecule has 1 aromatic heterocycles. The molecular formula is C21H15ClF3N3O5. The highest BCUT2D eigenvalue weighted by Gasteiger charge is 2.37. The number of para-hydroxylation sites is 1. The van der Waals surface area contributed by atoms with Gasteiger partial charge in [-0.2, -0.15) is 18.3 Å². The number of nitro benzene ring substituents is 1. The Bertz CT molecular complexity index is 1280. The second-order valence-corrected chi connectivity index (χ2v) is 7.87. The molecule has 1 heterocycles. The number of ketones is 1. The molecule has 4 rings (SSSR count). The van der Waals surface area contributed by atoms with Gasteiger partial charge in [0.25, 0.3) is 0 Å². The van der Waals surface area contributed by atoms with Crippen molar-refractivity contribution in [2.45, 2.75) is 24.9 Å². The number of benzene rings is 2. The molecule has 0 amide bonds. The van der Waals surface area contributed by atoms with Crippen LogP contribution in [-0.2, 0) is 13.2 Å². The number of aryl methyl sites for hydroxylation is 1. The van der Waals surface area contributed by atoms with Crippen molar-refractivity contribution in [2.24, 2.45) is 7.05 Å². The summed E-state index contributed by atoms with van der Waals surface area (Å²) in [5.41, 5.74) is -1.88. The average molecular weight is 482 g/mol. The number of ether oxygens (including phenoxy) is 1. The maximum absolute atomic E-state index is 13.3. The van der Waals surface area contributed by atoms with E-state index in [0.717, 1.165) is 29.7 Å². The van der Waals surface area contributed by atoms with Crippen LogP contribution in [0.3, 0.4) is 0 Å². The molecule has 2 aromatic carbocycles. The molecule has 1 aliphatic carbocycles. The molecular weight excluding hydrogens is 467 g/mol. The minimum Gasteiger partial charge on any atom is -0.493 e. The minimum atomic E-state index is -4.63. The van der Waals surface area contributed by atoms with Crippen LogP contribution >= 0.6 is 11.6 Å². The van der Waals surface area contributed by atoms with Crippen molar-refractivity contribution in [2.75, 3.05) is 0 Å². The van der Waals surface area contributed by atoms with Gasteiger partial charge in [0.1, 0.15) is 16.9 Å². The maximum atomic E-state index is 13.3. The van der Waals surface area contributed by atoms with Crippen LogP contribution in [0.5, 0.6) is 17.4 Å². The lowest BCUT2D eigenvalue weighted by Crippen LogP contribution is -2.08. The average Bonchev–Trinajstić information content (AvgIpc) is 3.54. The van der Waals surface area contributed by atoms with E-state index in [2.05, 4.69) is 5.10 Å². The van der Waals surface area contributed by atoms with Crippen molar-refractivity contribution < 1.29 is 32.7 Å². The molecule has 3 aromatic rings. The third-order valence-corrected chi connectivity index (χ3v) is 5.44. The van der Waals surface area contributed by atoms with Crippen molar-refractivity contribution >= 4 is 23.1 Å². The summed E-state index contributed by atoms with van der Waals surface area (Å²) in [6.07, 6.45) is -3.09. The van der Waals surface area contributed by atoms with E-state index >= 15 is 0 Å². The zero-order valence-electron chi connectivity index (χ0n) is 16.9. The summed E-state index contributed by atoms with van der Waals surface area (Å²) >= 11 is 5.90. The van der Waals surface area contributed by atoms with E-state index in [0.29, 0.717) is 11.8 Å². The third-order valence-electron chi connectivity index (χ3n) is 5.14. The van der Waals surface area contributed by atoms with Gasteiger partial charge in [-0.3, -0.25) is 14.9 Å². The molecule has 1 N–H and O–H groups in total. The summed E-state index contributed by atoms with van der Waals surface area (Å²) in [5.74, 6) is -1.93. The Morgan fingerprint density at radius 2 is 1.97 bits per heavy atom. The molecule has 0 radical (unpaired) electrons. The predicted molar refractivity (Wildman–Crippen MR) is 110 cm³/mol. The molecule has 0 atom stereocenters. The Balaban J connectivity index is 1.77. The van der Waals surface area contributed by atoms with Gasteiger partial charge in [-0.1, -0.05) is 17.7 Å². The maximum Gasteiger partial charge on any atom is 0.416 e. The molecule has 0 aliphatic heterocycles. The number of carbonyl (C=O) groups is 1. The van der Waals surface area contributed by atoms with E-state index in [1.54, 1.807) is 0 Å². The summed E-state index contributed by atoms with van der Waals surface area (Å²) in [4.78, 5) is 24.3. The van der Waals surface area contributed by atoms with Gasteiger partial charge in [-0.25, -0.2) is 4.68 Å². The number of alkyl halides is 3. The van der Waals surface area contributed by atoms with Gasteiger partial charge in [0.15, 0.2) is 0 Å². The molecule has 0 spiro atoms. The number of hydrogen-bond donors (Lipinski definition) is 1. The first kappa shape index (κ1) is 22.6. The molecule has 1 saturated carbocycles. The van der Waals surface area contributed by atoms with E-state index in [1.807, 2.05) is 0 Å². The monoisotopic (exact) mass is 481 g/mol. The highest BCUT2D eigenvalue weighted by Crippen LogP contribution is 2.45. The highest BCUT2D eigenvalue weighted by molar-refractivity contribution is 6.32. The van der Waals surface area contributed by atoms with Crippen LogP contribution in [0.25, 0.3) is 0 Å². The number of hydrogen-bond acceptors (Lipinski definition) is 6. The van der Waals surface area contributed by atoms with Gasteiger partial charge >= 0.3 is 11.9 Å². The van der Waals surface area contributed by atoms with Gasteiger partial charge in [0.05, 0.1) is 21.2 Å². The zero-order valence-corrected chi connectivity index (χ0v) is 17.6. The zero-order chi connectivity index (χ0) is 24.1. The highest BCUT2D eigenvalue weighted by atomic mass is 35.5. The number of carbonyl (C=O) groups excluding carboxylic acids is 1. The van der Waals surface area contributed by atoms with Crippen molar-refractivity contribution in [3.05, 3.63) is 73.9 Å². The fourth-order valence-corrected chi connectivity index (χ4v) is 3.60. The third kappa shape index (κ3) is 4.23. The Morgan fingerprint density at radius 1 is 1.27 bits per heavy atom. The van der Waals surface area contributed by atoms with E-state index < -0.39 is 44.8 Å². The lowest BCUT2D eigenvalue weighted by Gasteiger charge is -2.12. The minimum absolute atomic E-state index is 0.0273. The van der Waals surface area contributed by atoms with Gasteiger partial charge in [-0.15, -0.1) is 0 Å². The molecule has 12 heteroatoms. The molecule has 172 valence electrons. The number of halogens is 4. The first-order chi connectivity index (χ1) is 15.5. The summed E-state index contributed by atoms with van der Waals surface area (Å²) in [6.45, 7) is 0. The number of aromatic hydroxyl groups is 1. The Hall–Kier alpha value is -3.60. The largest absolute Gasteiger partial charge is 0.493 e. The Labute approximate surface area is 189 Å².